The predicted molar refractivity (Wildman–Crippen MR) is 75.9 cm³/mol. The van der Waals surface area contributed by atoms with Crippen LogP contribution in [0.2, 0.25) is 0 Å². The number of benzene rings is 1. The van der Waals surface area contributed by atoms with Crippen LogP contribution in [0.25, 0.3) is 0 Å². The Hall–Kier alpha value is -1.71. The zero-order valence-electron chi connectivity index (χ0n) is 11.9. The van der Waals surface area contributed by atoms with Crippen LogP contribution in [0.4, 0.5) is 0 Å². The molecule has 0 atom stereocenters. The van der Waals surface area contributed by atoms with Gasteiger partial charge in [0.25, 0.3) is 0 Å². The highest BCUT2D eigenvalue weighted by Gasteiger charge is 2.35. The highest BCUT2D eigenvalue weighted by Crippen LogP contribution is 2.32. The number of rotatable bonds is 4. The van der Waals surface area contributed by atoms with Crippen molar-refractivity contribution in [1.82, 2.24) is 4.90 Å². The van der Waals surface area contributed by atoms with E-state index in [9.17, 15) is 4.79 Å². The predicted octanol–water partition coefficient (Wildman–Crippen LogP) is 2.48. The van der Waals surface area contributed by atoms with Gasteiger partial charge in [-0.15, -0.1) is 0 Å². The molecule has 2 aliphatic rings. The van der Waals surface area contributed by atoms with E-state index in [1.807, 2.05) is 29.2 Å². The van der Waals surface area contributed by atoms with Crippen molar-refractivity contribution in [2.45, 2.75) is 31.8 Å². The lowest BCUT2D eigenvalue weighted by atomic mass is 10.1. The number of ether oxygens (including phenoxy) is 2. The van der Waals surface area contributed by atoms with Crippen LogP contribution >= 0.6 is 0 Å². The number of methoxy groups -OCH3 is 1. The molecular formula is C16H21NO3. The van der Waals surface area contributed by atoms with Crippen LogP contribution in [0.3, 0.4) is 0 Å². The van der Waals surface area contributed by atoms with E-state index in [-0.39, 0.29) is 6.10 Å². The molecule has 3 rings (SSSR count). The van der Waals surface area contributed by atoms with E-state index in [4.69, 9.17) is 9.47 Å². The van der Waals surface area contributed by atoms with Crippen molar-refractivity contribution in [2.24, 2.45) is 5.92 Å². The molecule has 0 unspecified atom stereocenters. The molecule has 0 bridgehead atoms. The topological polar surface area (TPSA) is 38.8 Å². The maximum absolute atomic E-state index is 12.0. The first kappa shape index (κ1) is 13.3. The highest BCUT2D eigenvalue weighted by molar-refractivity contribution is 5.81. The minimum atomic E-state index is 0.214. The molecule has 0 radical (unpaired) electrons. The van der Waals surface area contributed by atoms with Gasteiger partial charge in [0, 0.05) is 31.8 Å². The van der Waals surface area contributed by atoms with Crippen molar-refractivity contribution in [2.75, 3.05) is 20.2 Å². The number of amides is 1. The van der Waals surface area contributed by atoms with Gasteiger partial charge in [-0.3, -0.25) is 4.79 Å². The lowest BCUT2D eigenvalue weighted by Crippen LogP contribution is -2.42. The summed E-state index contributed by atoms with van der Waals surface area (Å²) in [4.78, 5) is 14.0. The molecule has 2 fully saturated rings. The molecule has 0 aromatic heterocycles. The Morgan fingerprint density at radius 3 is 2.20 bits per heavy atom. The standard InChI is InChI=1S/C16H21NO3/c1-19-13-4-6-14(7-5-13)20-15-8-10-17(11-9-15)16(18)12-2-3-12/h4-7,12,15H,2-3,8-11H2,1H3. The number of likely N-dealkylation sites (tertiary alicyclic amines) is 1. The Morgan fingerprint density at radius 2 is 1.65 bits per heavy atom. The van der Waals surface area contributed by atoms with Crippen molar-refractivity contribution in [1.29, 1.82) is 0 Å². The second-order valence-electron chi connectivity index (χ2n) is 5.59. The molecule has 4 heteroatoms. The zero-order valence-corrected chi connectivity index (χ0v) is 11.9. The molecule has 1 amide bonds. The van der Waals surface area contributed by atoms with Crippen molar-refractivity contribution in [3.05, 3.63) is 24.3 Å². The van der Waals surface area contributed by atoms with E-state index in [0.29, 0.717) is 11.8 Å². The normalized spacial score (nSPS) is 19.8. The Kier molecular flexibility index (Phi) is 3.81. The summed E-state index contributed by atoms with van der Waals surface area (Å²) in [5.41, 5.74) is 0. The van der Waals surface area contributed by atoms with Crippen LogP contribution in [0, 0.1) is 5.92 Å². The molecule has 1 saturated heterocycles. The maximum atomic E-state index is 12.0. The number of carbonyl (C=O) groups excluding carboxylic acids is 1. The van der Waals surface area contributed by atoms with Crippen molar-refractivity contribution >= 4 is 5.91 Å². The third-order valence-corrected chi connectivity index (χ3v) is 4.04. The van der Waals surface area contributed by atoms with Crippen LogP contribution in [0.1, 0.15) is 25.7 Å². The fraction of sp³-hybridized carbons (Fsp3) is 0.562. The average Bonchev–Trinajstić information content (AvgIpc) is 3.33. The van der Waals surface area contributed by atoms with E-state index in [0.717, 1.165) is 50.3 Å². The van der Waals surface area contributed by atoms with E-state index >= 15 is 0 Å². The van der Waals surface area contributed by atoms with Gasteiger partial charge in [0.1, 0.15) is 17.6 Å². The number of piperidine rings is 1. The van der Waals surface area contributed by atoms with Gasteiger partial charge in [-0.05, 0) is 37.1 Å². The molecule has 108 valence electrons. The first-order valence-electron chi connectivity index (χ1n) is 7.36. The second-order valence-corrected chi connectivity index (χ2v) is 5.59. The number of carbonyl (C=O) groups is 1. The van der Waals surface area contributed by atoms with Gasteiger partial charge in [-0.2, -0.15) is 0 Å². The molecule has 20 heavy (non-hydrogen) atoms. The minimum absolute atomic E-state index is 0.214. The molecule has 4 nitrogen and oxygen atoms in total. The SMILES string of the molecule is COc1ccc(OC2CCN(C(=O)C3CC3)CC2)cc1. The molecule has 1 aliphatic carbocycles. The summed E-state index contributed by atoms with van der Waals surface area (Å²) in [7, 11) is 1.66. The zero-order chi connectivity index (χ0) is 13.9. The molecule has 1 aliphatic heterocycles. The maximum Gasteiger partial charge on any atom is 0.225 e. The number of hydrogen-bond donors (Lipinski definition) is 0. The van der Waals surface area contributed by atoms with E-state index < -0.39 is 0 Å². The van der Waals surface area contributed by atoms with Gasteiger partial charge in [-0.1, -0.05) is 0 Å². The fourth-order valence-corrected chi connectivity index (χ4v) is 2.63. The Balaban J connectivity index is 1.48. The van der Waals surface area contributed by atoms with Crippen LogP contribution in [-0.4, -0.2) is 37.1 Å². The summed E-state index contributed by atoms with van der Waals surface area (Å²) >= 11 is 0. The lowest BCUT2D eigenvalue weighted by molar-refractivity contribution is -0.134. The summed E-state index contributed by atoms with van der Waals surface area (Å²) in [5, 5.41) is 0. The molecule has 0 spiro atoms. The van der Waals surface area contributed by atoms with Crippen LogP contribution in [-0.2, 0) is 4.79 Å². The van der Waals surface area contributed by atoms with Gasteiger partial charge in [0.05, 0.1) is 7.11 Å². The minimum Gasteiger partial charge on any atom is -0.497 e. The monoisotopic (exact) mass is 275 g/mol. The van der Waals surface area contributed by atoms with Crippen LogP contribution in [0.5, 0.6) is 11.5 Å². The molecule has 1 aromatic rings. The fourth-order valence-electron chi connectivity index (χ4n) is 2.63. The Morgan fingerprint density at radius 1 is 1.05 bits per heavy atom. The summed E-state index contributed by atoms with van der Waals surface area (Å²) in [6.45, 7) is 1.66. The molecule has 1 aromatic carbocycles. The summed E-state index contributed by atoms with van der Waals surface area (Å²) in [6, 6.07) is 7.67. The highest BCUT2D eigenvalue weighted by atomic mass is 16.5. The smallest absolute Gasteiger partial charge is 0.225 e. The van der Waals surface area contributed by atoms with Crippen molar-refractivity contribution in [3.8, 4) is 11.5 Å². The Bertz CT molecular complexity index is 459. The van der Waals surface area contributed by atoms with Gasteiger partial charge >= 0.3 is 0 Å². The van der Waals surface area contributed by atoms with Gasteiger partial charge in [0.2, 0.25) is 5.91 Å². The van der Waals surface area contributed by atoms with Crippen molar-refractivity contribution < 1.29 is 14.3 Å². The van der Waals surface area contributed by atoms with Gasteiger partial charge in [0.15, 0.2) is 0 Å². The number of nitrogens with zero attached hydrogens (tertiary/aromatic N) is 1. The lowest BCUT2D eigenvalue weighted by Gasteiger charge is -2.32. The van der Waals surface area contributed by atoms with Gasteiger partial charge < -0.3 is 14.4 Å². The van der Waals surface area contributed by atoms with E-state index in [1.165, 1.54) is 0 Å². The third-order valence-electron chi connectivity index (χ3n) is 4.04. The van der Waals surface area contributed by atoms with Crippen LogP contribution in [0.15, 0.2) is 24.3 Å². The van der Waals surface area contributed by atoms with Crippen molar-refractivity contribution in [3.63, 3.8) is 0 Å². The van der Waals surface area contributed by atoms with E-state index in [2.05, 4.69) is 0 Å². The molecular weight excluding hydrogens is 254 g/mol. The number of hydrogen-bond acceptors (Lipinski definition) is 3. The van der Waals surface area contributed by atoms with E-state index in [1.54, 1.807) is 7.11 Å². The Labute approximate surface area is 119 Å². The quantitative estimate of drug-likeness (QED) is 0.847. The van der Waals surface area contributed by atoms with Crippen LogP contribution < -0.4 is 9.47 Å². The second kappa shape index (κ2) is 5.73. The van der Waals surface area contributed by atoms with Gasteiger partial charge in [-0.25, -0.2) is 0 Å². The molecule has 1 heterocycles. The summed E-state index contributed by atoms with van der Waals surface area (Å²) < 4.78 is 11.1. The summed E-state index contributed by atoms with van der Waals surface area (Å²) in [5.74, 6) is 2.39. The molecule has 1 saturated carbocycles. The average molecular weight is 275 g/mol. The molecule has 0 N–H and O–H groups in total. The third kappa shape index (κ3) is 3.06. The summed E-state index contributed by atoms with van der Waals surface area (Å²) in [6.07, 6.45) is 4.23. The largest absolute Gasteiger partial charge is 0.497 e. The first-order valence-corrected chi connectivity index (χ1v) is 7.36. The first-order chi connectivity index (χ1) is 9.76.